The molecule has 2 aromatic carbocycles. The Morgan fingerprint density at radius 3 is 1.97 bits per heavy atom. The molecule has 3 rings (SSSR count). The van der Waals surface area contributed by atoms with Crippen molar-refractivity contribution < 1.29 is 54.0 Å². The molecule has 1 aliphatic rings. The lowest BCUT2D eigenvalue weighted by Crippen LogP contribution is -2.55. The number of aromatic hydroxyl groups is 2. The summed E-state index contributed by atoms with van der Waals surface area (Å²) in [6.45, 7) is 5.82. The summed E-state index contributed by atoms with van der Waals surface area (Å²) in [6.07, 6.45) is 12.4. The van der Waals surface area contributed by atoms with Crippen molar-refractivity contribution in [1.29, 1.82) is 0 Å². The number of hydrogen-bond acceptors (Lipinski definition) is 10. The van der Waals surface area contributed by atoms with Gasteiger partial charge in [0.05, 0.1) is 13.2 Å². The van der Waals surface area contributed by atoms with E-state index >= 15 is 0 Å². The number of nitrogens with one attached hydrogen (secondary N) is 5. The third-order valence-corrected chi connectivity index (χ3v) is 11.0. The third-order valence-electron chi connectivity index (χ3n) is 11.0. The molecule has 9 N–H and O–H groups in total. The Morgan fingerprint density at radius 2 is 1.37 bits per heavy atom. The predicted octanol–water partition coefficient (Wildman–Crippen LogP) is 3.33. The number of rotatable bonds is 22. The van der Waals surface area contributed by atoms with Crippen LogP contribution in [-0.2, 0) is 40.0 Å². The van der Waals surface area contributed by atoms with Gasteiger partial charge < -0.3 is 51.9 Å². The number of nitrogens with zero attached hydrogens (tertiary/aromatic N) is 1. The van der Waals surface area contributed by atoms with E-state index in [-0.39, 0.29) is 46.9 Å². The van der Waals surface area contributed by atoms with Crippen LogP contribution < -0.4 is 26.6 Å². The molecule has 342 valence electrons. The van der Waals surface area contributed by atoms with Crippen LogP contribution in [0.25, 0.3) is 11.1 Å². The minimum Gasteiger partial charge on any atom is -0.507 e. The van der Waals surface area contributed by atoms with E-state index in [0.717, 1.165) is 30.1 Å². The fourth-order valence-electron chi connectivity index (χ4n) is 7.15. The first-order chi connectivity index (χ1) is 29.4. The SMILES string of the molecule is CC(C)CCCCCCCCCCCCC(=O)N(C)[C@H](CO)C(=O)N[C@H](C)C(=O)NCC(=O)N[C@@H]1C(=O)N[C@@H](C)C(=O)N[C@H](C(=O)O)Cc2ccc(O)c(c2)-c2cc1ccc2O. The van der Waals surface area contributed by atoms with Gasteiger partial charge in [-0.15, -0.1) is 0 Å². The van der Waals surface area contributed by atoms with E-state index in [1.807, 2.05) is 0 Å². The van der Waals surface area contributed by atoms with Gasteiger partial charge in [0, 0.05) is 31.0 Å². The molecule has 1 aliphatic heterocycles. The Hall–Kier alpha value is -5.71. The van der Waals surface area contributed by atoms with Crippen LogP contribution in [0.1, 0.15) is 122 Å². The Morgan fingerprint density at radius 1 is 0.790 bits per heavy atom. The number of unbranched alkanes of at least 4 members (excludes halogenated alkanes) is 9. The van der Waals surface area contributed by atoms with Crippen LogP contribution in [0.4, 0.5) is 0 Å². The van der Waals surface area contributed by atoms with Crippen molar-refractivity contribution in [2.75, 3.05) is 20.2 Å². The van der Waals surface area contributed by atoms with Gasteiger partial charge in [-0.2, -0.15) is 0 Å². The Kier molecular flexibility index (Phi) is 20.6. The number of carbonyl (C=O) groups is 7. The van der Waals surface area contributed by atoms with E-state index in [2.05, 4.69) is 40.4 Å². The molecule has 1 heterocycles. The minimum absolute atomic E-state index is 0.0560. The van der Waals surface area contributed by atoms with Crippen molar-refractivity contribution in [3.63, 3.8) is 0 Å². The lowest BCUT2D eigenvalue weighted by atomic mass is 9.94. The molecule has 6 amide bonds. The van der Waals surface area contributed by atoms with E-state index in [1.165, 1.54) is 102 Å². The number of benzene rings is 2. The van der Waals surface area contributed by atoms with Crippen LogP contribution in [0.3, 0.4) is 0 Å². The monoisotopic (exact) mass is 866 g/mol. The van der Waals surface area contributed by atoms with Gasteiger partial charge in [-0.05, 0) is 61.6 Å². The molecular formula is C45H66N6O11. The lowest BCUT2D eigenvalue weighted by molar-refractivity contribution is -0.142. The number of fused-ring (bicyclic) bond motifs is 5. The van der Waals surface area contributed by atoms with Crippen molar-refractivity contribution in [3.8, 4) is 22.6 Å². The molecule has 0 saturated heterocycles. The van der Waals surface area contributed by atoms with Gasteiger partial charge in [0.25, 0.3) is 0 Å². The van der Waals surface area contributed by atoms with Crippen molar-refractivity contribution in [2.24, 2.45) is 5.92 Å². The second kappa shape index (κ2) is 25.3. The molecule has 4 bridgehead atoms. The summed E-state index contributed by atoms with van der Waals surface area (Å²) in [7, 11) is 1.41. The molecule has 2 aromatic rings. The molecule has 0 fully saturated rings. The van der Waals surface area contributed by atoms with E-state index in [0.29, 0.717) is 12.0 Å². The van der Waals surface area contributed by atoms with Crippen molar-refractivity contribution in [1.82, 2.24) is 31.5 Å². The molecule has 0 saturated carbocycles. The average molecular weight is 867 g/mol. The molecule has 62 heavy (non-hydrogen) atoms. The molecular weight excluding hydrogens is 801 g/mol. The number of carbonyl (C=O) groups excluding carboxylic acids is 6. The number of likely N-dealkylation sites (N-methyl/N-ethyl adjacent to an activating group) is 1. The number of carboxylic acid groups (broad SMARTS) is 1. The van der Waals surface area contributed by atoms with Crippen LogP contribution in [0.15, 0.2) is 36.4 Å². The van der Waals surface area contributed by atoms with Gasteiger partial charge in [-0.25, -0.2) is 4.79 Å². The number of hydrogen-bond donors (Lipinski definition) is 9. The molecule has 0 spiro atoms. The third kappa shape index (κ3) is 16.0. The highest BCUT2D eigenvalue weighted by molar-refractivity contribution is 5.96. The van der Waals surface area contributed by atoms with Gasteiger partial charge in [-0.3, -0.25) is 28.8 Å². The van der Waals surface area contributed by atoms with Gasteiger partial charge in [0.2, 0.25) is 35.4 Å². The van der Waals surface area contributed by atoms with Crippen molar-refractivity contribution in [2.45, 2.75) is 141 Å². The zero-order chi connectivity index (χ0) is 45.9. The number of carboxylic acids is 1. The number of phenolic OH excluding ortho intramolecular Hbond substituents is 2. The maximum absolute atomic E-state index is 13.6. The first kappa shape index (κ1) is 50.6. The second-order valence-corrected chi connectivity index (χ2v) is 16.6. The zero-order valence-electron chi connectivity index (χ0n) is 36.6. The number of aliphatic hydroxyl groups excluding tert-OH is 1. The summed E-state index contributed by atoms with van der Waals surface area (Å²) in [6, 6.07) is 1.47. The van der Waals surface area contributed by atoms with Gasteiger partial charge in [0.15, 0.2) is 0 Å². The van der Waals surface area contributed by atoms with Gasteiger partial charge in [-0.1, -0.05) is 90.2 Å². The molecule has 5 atom stereocenters. The zero-order valence-corrected chi connectivity index (χ0v) is 36.6. The minimum atomic E-state index is -1.52. The summed E-state index contributed by atoms with van der Waals surface area (Å²) in [5, 5.41) is 53.4. The van der Waals surface area contributed by atoms with E-state index < -0.39 is 78.9 Å². The highest BCUT2D eigenvalue weighted by atomic mass is 16.4. The maximum atomic E-state index is 13.6. The van der Waals surface area contributed by atoms with E-state index in [9.17, 15) is 54.0 Å². The Balaban J connectivity index is 1.57. The molecule has 17 heteroatoms. The first-order valence-corrected chi connectivity index (χ1v) is 21.7. The Labute approximate surface area is 363 Å². The number of aliphatic carboxylic acids is 1. The van der Waals surface area contributed by atoms with E-state index in [1.54, 1.807) is 0 Å². The fourth-order valence-corrected chi connectivity index (χ4v) is 7.15. The van der Waals surface area contributed by atoms with Gasteiger partial charge >= 0.3 is 5.97 Å². The maximum Gasteiger partial charge on any atom is 0.326 e. The fraction of sp³-hybridized carbons (Fsp3) is 0.578. The van der Waals surface area contributed by atoms with Crippen LogP contribution in [0.2, 0.25) is 0 Å². The van der Waals surface area contributed by atoms with Crippen LogP contribution in [0.5, 0.6) is 11.5 Å². The smallest absolute Gasteiger partial charge is 0.326 e. The summed E-state index contributed by atoms with van der Waals surface area (Å²) in [5.41, 5.74) is 0.670. The molecule has 0 aliphatic carbocycles. The number of amides is 6. The second-order valence-electron chi connectivity index (χ2n) is 16.6. The largest absolute Gasteiger partial charge is 0.507 e. The first-order valence-electron chi connectivity index (χ1n) is 21.7. The molecule has 17 nitrogen and oxygen atoms in total. The van der Waals surface area contributed by atoms with Crippen LogP contribution in [-0.4, -0.2) is 111 Å². The summed E-state index contributed by atoms with van der Waals surface area (Å²) in [5.74, 6) is -5.64. The molecule has 0 unspecified atom stereocenters. The van der Waals surface area contributed by atoms with Gasteiger partial charge in [0.1, 0.15) is 41.7 Å². The normalized spacial score (nSPS) is 17.4. The van der Waals surface area contributed by atoms with Crippen molar-refractivity contribution >= 4 is 41.4 Å². The topological polar surface area (TPSA) is 264 Å². The predicted molar refractivity (Wildman–Crippen MR) is 231 cm³/mol. The van der Waals surface area contributed by atoms with E-state index in [4.69, 9.17) is 0 Å². The highest BCUT2D eigenvalue weighted by Gasteiger charge is 2.31. The summed E-state index contributed by atoms with van der Waals surface area (Å²) < 4.78 is 0. The molecule has 0 aromatic heterocycles. The lowest BCUT2D eigenvalue weighted by Gasteiger charge is -2.27. The molecule has 0 radical (unpaired) electrons. The summed E-state index contributed by atoms with van der Waals surface area (Å²) in [4.78, 5) is 92.1. The average Bonchev–Trinajstić information content (AvgIpc) is 3.22. The number of phenols is 2. The van der Waals surface area contributed by atoms with Crippen LogP contribution in [0, 0.1) is 5.92 Å². The standard InChI is InChI=1S/C45H66N6O11/c1-27(2)16-14-12-10-8-6-7-9-11-13-15-17-39(56)51(5)35(26-52)43(59)47-28(3)41(57)46-25-38(55)50-40-31-19-21-37(54)33(24-31)32-22-30(18-20-36(32)53)23-34(45(61)62)49-42(58)29(4)48-44(40)60/h18-22,24,27-29,34-35,40,52-54H,6-17,23,25-26H2,1-5H3,(H,46,57)(H,47,59)(H,48,60)(H,49,58)(H,50,55)(H,61,62)/t28-,29+,34+,35-,40+/m1/s1. The number of aliphatic hydroxyl groups is 1. The summed E-state index contributed by atoms with van der Waals surface area (Å²) >= 11 is 0. The highest BCUT2D eigenvalue weighted by Crippen LogP contribution is 2.38. The quantitative estimate of drug-likeness (QED) is 0.0776. The Bertz CT molecular complexity index is 1870. The van der Waals surface area contributed by atoms with Crippen LogP contribution >= 0.6 is 0 Å². The van der Waals surface area contributed by atoms with Crippen molar-refractivity contribution in [3.05, 3.63) is 47.5 Å².